The molecule has 3 nitrogen and oxygen atoms in total. The Hall–Kier alpha value is -2.59. The number of nitrogens with one attached hydrogen (secondary N) is 1. The van der Waals surface area contributed by atoms with Crippen molar-refractivity contribution in [2.75, 3.05) is 11.9 Å². The maximum atomic E-state index is 12.5. The highest BCUT2D eigenvalue weighted by Gasteiger charge is 2.39. The summed E-state index contributed by atoms with van der Waals surface area (Å²) in [6.07, 6.45) is 0. The van der Waals surface area contributed by atoms with Gasteiger partial charge in [-0.2, -0.15) is 0 Å². The van der Waals surface area contributed by atoms with Crippen LogP contribution in [0.4, 0.5) is 5.69 Å². The van der Waals surface area contributed by atoms with Crippen molar-refractivity contribution < 1.29 is 9.53 Å². The van der Waals surface area contributed by atoms with Gasteiger partial charge in [0.2, 0.25) is 0 Å². The molecule has 1 atom stereocenters. The minimum atomic E-state index is -0.228. The molecule has 0 aromatic heterocycles. The second-order valence-electron chi connectivity index (χ2n) is 6.33. The fraction of sp³-hybridized carbons (Fsp3) is 0.0952. The van der Waals surface area contributed by atoms with Crippen LogP contribution in [-0.4, -0.2) is 12.6 Å². The number of halogens is 1. The molecule has 0 fully saturated rings. The maximum Gasteiger partial charge on any atom is 0.337 e. The van der Waals surface area contributed by atoms with Gasteiger partial charge in [0, 0.05) is 16.1 Å². The number of hydrogen-bond acceptors (Lipinski definition) is 3. The molecule has 2 heterocycles. The van der Waals surface area contributed by atoms with Crippen LogP contribution < -0.4 is 5.32 Å². The molecule has 4 heteroatoms. The Balaban J connectivity index is 1.83. The zero-order valence-electron chi connectivity index (χ0n) is 13.3. The molecule has 0 bridgehead atoms. The SMILES string of the molecule is O=C1OCC2=C1[C@@H](c1ccc(Br)cc1)c1c(ccc3ccccc13)N2. The van der Waals surface area contributed by atoms with Gasteiger partial charge in [0.1, 0.15) is 6.61 Å². The highest BCUT2D eigenvalue weighted by atomic mass is 79.9. The van der Waals surface area contributed by atoms with E-state index in [9.17, 15) is 4.79 Å². The zero-order valence-corrected chi connectivity index (χ0v) is 14.8. The summed E-state index contributed by atoms with van der Waals surface area (Å²) in [5.74, 6) is -0.352. The molecule has 0 amide bonds. The number of fused-ring (bicyclic) bond motifs is 3. The van der Waals surface area contributed by atoms with E-state index < -0.39 is 0 Å². The lowest BCUT2D eigenvalue weighted by Gasteiger charge is -2.28. The fourth-order valence-electron chi connectivity index (χ4n) is 3.82. The summed E-state index contributed by atoms with van der Waals surface area (Å²) in [6.45, 7) is 0.313. The van der Waals surface area contributed by atoms with Gasteiger partial charge in [0.05, 0.1) is 11.3 Å². The molecule has 1 N–H and O–H groups in total. The molecular weight excluding hydrogens is 378 g/mol. The van der Waals surface area contributed by atoms with Gasteiger partial charge in [-0.15, -0.1) is 0 Å². The molecule has 0 unspecified atom stereocenters. The Morgan fingerprint density at radius 1 is 1.00 bits per heavy atom. The summed E-state index contributed by atoms with van der Waals surface area (Å²) in [7, 11) is 0. The molecule has 3 aromatic carbocycles. The van der Waals surface area contributed by atoms with Crippen molar-refractivity contribution in [2.45, 2.75) is 5.92 Å². The number of esters is 1. The van der Waals surface area contributed by atoms with Crippen LogP contribution in [0.5, 0.6) is 0 Å². The van der Waals surface area contributed by atoms with E-state index in [0.717, 1.165) is 37.9 Å². The quantitative estimate of drug-likeness (QED) is 0.595. The molecule has 0 spiro atoms. The third-order valence-corrected chi connectivity index (χ3v) is 5.46. The monoisotopic (exact) mass is 391 g/mol. The van der Waals surface area contributed by atoms with Crippen LogP contribution in [-0.2, 0) is 9.53 Å². The van der Waals surface area contributed by atoms with Crippen molar-refractivity contribution in [2.24, 2.45) is 0 Å². The molecule has 122 valence electrons. The Labute approximate surface area is 153 Å². The average molecular weight is 392 g/mol. The minimum Gasteiger partial charge on any atom is -0.456 e. The van der Waals surface area contributed by atoms with Crippen LogP contribution >= 0.6 is 15.9 Å². The molecule has 0 radical (unpaired) electrons. The highest BCUT2D eigenvalue weighted by molar-refractivity contribution is 9.10. The Morgan fingerprint density at radius 2 is 1.80 bits per heavy atom. The predicted octanol–water partition coefficient (Wildman–Crippen LogP) is 4.97. The molecule has 2 aliphatic heterocycles. The summed E-state index contributed by atoms with van der Waals surface area (Å²) in [5.41, 5.74) is 4.88. The number of carbonyl (C=O) groups is 1. The number of rotatable bonds is 1. The summed E-state index contributed by atoms with van der Waals surface area (Å²) in [6, 6.07) is 20.7. The van der Waals surface area contributed by atoms with Gasteiger partial charge in [-0.3, -0.25) is 0 Å². The Bertz CT molecular complexity index is 1050. The number of hydrogen-bond donors (Lipinski definition) is 1. The number of ether oxygens (including phenoxy) is 1. The molecule has 2 aliphatic rings. The topological polar surface area (TPSA) is 38.3 Å². The second-order valence-corrected chi connectivity index (χ2v) is 7.24. The summed E-state index contributed by atoms with van der Waals surface area (Å²) >= 11 is 3.49. The van der Waals surface area contributed by atoms with E-state index in [1.807, 2.05) is 24.3 Å². The lowest BCUT2D eigenvalue weighted by Crippen LogP contribution is -2.20. The summed E-state index contributed by atoms with van der Waals surface area (Å²) in [5, 5.41) is 5.74. The largest absolute Gasteiger partial charge is 0.456 e. The van der Waals surface area contributed by atoms with E-state index in [4.69, 9.17) is 4.74 Å². The number of cyclic esters (lactones) is 1. The van der Waals surface area contributed by atoms with Crippen LogP contribution in [0.15, 0.2) is 76.4 Å². The van der Waals surface area contributed by atoms with Crippen LogP contribution in [0.25, 0.3) is 10.8 Å². The van der Waals surface area contributed by atoms with Crippen molar-refractivity contribution in [3.8, 4) is 0 Å². The van der Waals surface area contributed by atoms with Crippen LogP contribution in [0.1, 0.15) is 17.0 Å². The number of carbonyl (C=O) groups excluding carboxylic acids is 1. The van der Waals surface area contributed by atoms with Gasteiger partial charge in [0.15, 0.2) is 0 Å². The van der Waals surface area contributed by atoms with Crippen molar-refractivity contribution in [1.29, 1.82) is 0 Å². The fourth-order valence-corrected chi connectivity index (χ4v) is 4.09. The smallest absolute Gasteiger partial charge is 0.337 e. The van der Waals surface area contributed by atoms with Gasteiger partial charge in [-0.25, -0.2) is 4.79 Å². The van der Waals surface area contributed by atoms with Gasteiger partial charge in [-0.05, 0) is 40.1 Å². The lowest BCUT2D eigenvalue weighted by molar-refractivity contribution is -0.136. The third-order valence-electron chi connectivity index (χ3n) is 4.93. The van der Waals surface area contributed by atoms with Gasteiger partial charge in [-0.1, -0.05) is 58.4 Å². The molecule has 5 rings (SSSR count). The second kappa shape index (κ2) is 5.46. The molecule has 0 aliphatic carbocycles. The average Bonchev–Trinajstić information content (AvgIpc) is 3.01. The minimum absolute atomic E-state index is 0.125. The van der Waals surface area contributed by atoms with Crippen molar-refractivity contribution in [3.05, 3.63) is 87.5 Å². The van der Waals surface area contributed by atoms with Gasteiger partial charge < -0.3 is 10.1 Å². The Morgan fingerprint density at radius 3 is 2.64 bits per heavy atom. The maximum absolute atomic E-state index is 12.5. The predicted molar refractivity (Wildman–Crippen MR) is 102 cm³/mol. The van der Waals surface area contributed by atoms with Gasteiger partial charge in [0.25, 0.3) is 0 Å². The first-order valence-corrected chi connectivity index (χ1v) is 8.96. The molecular formula is C21H14BrNO2. The molecule has 25 heavy (non-hydrogen) atoms. The normalized spacial score (nSPS) is 18.6. The van der Waals surface area contributed by atoms with Crippen molar-refractivity contribution in [3.63, 3.8) is 0 Å². The van der Waals surface area contributed by atoms with E-state index in [1.54, 1.807) is 0 Å². The first kappa shape index (κ1) is 14.7. The number of anilines is 1. The molecule has 0 saturated heterocycles. The first-order valence-electron chi connectivity index (χ1n) is 8.16. The summed E-state index contributed by atoms with van der Waals surface area (Å²) < 4.78 is 6.35. The van der Waals surface area contributed by atoms with E-state index in [1.165, 1.54) is 5.39 Å². The van der Waals surface area contributed by atoms with Crippen molar-refractivity contribution >= 4 is 38.4 Å². The first-order chi connectivity index (χ1) is 12.2. The van der Waals surface area contributed by atoms with Crippen LogP contribution in [0.3, 0.4) is 0 Å². The molecule has 0 saturated carbocycles. The van der Waals surface area contributed by atoms with Crippen LogP contribution in [0, 0.1) is 0 Å². The lowest BCUT2D eigenvalue weighted by atomic mass is 9.79. The third kappa shape index (κ3) is 2.21. The molecule has 3 aromatic rings. The Kier molecular flexibility index (Phi) is 3.22. The van der Waals surface area contributed by atoms with Crippen molar-refractivity contribution in [1.82, 2.24) is 0 Å². The summed E-state index contributed by atoms with van der Waals surface area (Å²) in [4.78, 5) is 12.5. The van der Waals surface area contributed by atoms with E-state index >= 15 is 0 Å². The standard InChI is InChI=1S/C21H14BrNO2/c22-14-8-5-13(6-9-14)18-19-15-4-2-1-3-12(15)7-10-16(19)23-17-11-25-21(24)20(17)18/h1-10,18,23H,11H2/t18-/m0/s1. The number of benzene rings is 3. The van der Waals surface area contributed by atoms with E-state index in [-0.39, 0.29) is 11.9 Å². The van der Waals surface area contributed by atoms with Gasteiger partial charge >= 0.3 is 5.97 Å². The van der Waals surface area contributed by atoms with Crippen LogP contribution in [0.2, 0.25) is 0 Å². The van der Waals surface area contributed by atoms with E-state index in [2.05, 4.69) is 57.6 Å². The highest BCUT2D eigenvalue weighted by Crippen LogP contribution is 2.47. The zero-order chi connectivity index (χ0) is 17.0. The van der Waals surface area contributed by atoms with E-state index in [0.29, 0.717) is 6.61 Å².